The highest BCUT2D eigenvalue weighted by Gasteiger charge is 2.07. The van der Waals surface area contributed by atoms with E-state index in [1.165, 1.54) is 6.07 Å². The van der Waals surface area contributed by atoms with E-state index in [1.54, 1.807) is 12.1 Å². The number of guanidine groups is 1. The monoisotopic (exact) mass is 491 g/mol. The third-order valence-corrected chi connectivity index (χ3v) is 3.93. The molecule has 7 heteroatoms. The molecule has 0 spiro atoms. The molecule has 0 saturated heterocycles. The number of nitrogens with one attached hydrogen (secondary N) is 2. The van der Waals surface area contributed by atoms with Crippen molar-refractivity contribution in [1.82, 2.24) is 10.6 Å². The third kappa shape index (κ3) is 7.47. The van der Waals surface area contributed by atoms with Crippen molar-refractivity contribution in [3.05, 3.63) is 70.5 Å². The van der Waals surface area contributed by atoms with Crippen LogP contribution in [0.2, 0.25) is 5.02 Å². The smallest absolute Gasteiger partial charge is 0.191 e. The molecule has 0 radical (unpaired) electrons. The van der Waals surface area contributed by atoms with Crippen molar-refractivity contribution in [3.8, 4) is 0 Å². The molecule has 0 aromatic heterocycles. The fourth-order valence-electron chi connectivity index (χ4n) is 2.32. The fourth-order valence-corrected chi connectivity index (χ4v) is 2.52. The first-order chi connectivity index (χ1) is 12.1. The summed E-state index contributed by atoms with van der Waals surface area (Å²) in [5.41, 5.74) is 1.72. The van der Waals surface area contributed by atoms with Gasteiger partial charge in [-0.2, -0.15) is 0 Å². The largest absolute Gasteiger partial charge is 0.388 e. The Morgan fingerprint density at radius 2 is 1.92 bits per heavy atom. The Morgan fingerprint density at radius 3 is 2.58 bits per heavy atom. The predicted octanol–water partition coefficient (Wildman–Crippen LogP) is 4.28. The van der Waals surface area contributed by atoms with Gasteiger partial charge in [0.25, 0.3) is 0 Å². The van der Waals surface area contributed by atoms with Gasteiger partial charge < -0.3 is 15.7 Å². The van der Waals surface area contributed by atoms with Crippen molar-refractivity contribution in [3.63, 3.8) is 0 Å². The summed E-state index contributed by atoms with van der Waals surface area (Å²) in [5.74, 6) is 0.206. The number of aliphatic hydroxyl groups is 1. The van der Waals surface area contributed by atoms with Crippen molar-refractivity contribution in [2.24, 2.45) is 4.99 Å². The molecular formula is C19H24ClFIN3O. The molecule has 3 N–H and O–H groups in total. The number of halogens is 3. The standard InChI is InChI=1S/C19H23ClFN3O.HI/c1-2-22-19(24-13-14-8-9-17(21)16(20)12-14)23-11-10-18(25)15-6-4-3-5-7-15;/h3-9,12,18,25H,2,10-11,13H2,1H3,(H2,22,23,24);1H. The molecule has 0 heterocycles. The van der Waals surface area contributed by atoms with Gasteiger partial charge in [-0.05, 0) is 36.6 Å². The van der Waals surface area contributed by atoms with Crippen LogP contribution in [0.15, 0.2) is 53.5 Å². The van der Waals surface area contributed by atoms with Crippen LogP contribution in [0.3, 0.4) is 0 Å². The minimum atomic E-state index is -0.521. The Morgan fingerprint density at radius 1 is 1.19 bits per heavy atom. The van der Waals surface area contributed by atoms with Crippen LogP contribution < -0.4 is 10.6 Å². The zero-order chi connectivity index (χ0) is 18.1. The van der Waals surface area contributed by atoms with E-state index in [2.05, 4.69) is 15.6 Å². The quantitative estimate of drug-likeness (QED) is 0.308. The number of rotatable bonds is 7. The second kappa shape index (κ2) is 12.1. The Kier molecular flexibility index (Phi) is 10.5. The van der Waals surface area contributed by atoms with Crippen LogP contribution in [-0.2, 0) is 6.54 Å². The van der Waals surface area contributed by atoms with Crippen LogP contribution in [-0.4, -0.2) is 24.2 Å². The third-order valence-electron chi connectivity index (χ3n) is 3.64. The number of benzene rings is 2. The topological polar surface area (TPSA) is 56.7 Å². The predicted molar refractivity (Wildman–Crippen MR) is 116 cm³/mol. The molecule has 0 aliphatic heterocycles. The van der Waals surface area contributed by atoms with Gasteiger partial charge in [-0.3, -0.25) is 0 Å². The van der Waals surface area contributed by atoms with Gasteiger partial charge in [-0.1, -0.05) is 48.0 Å². The lowest BCUT2D eigenvalue weighted by atomic mass is 10.1. The van der Waals surface area contributed by atoms with Gasteiger partial charge >= 0.3 is 0 Å². The van der Waals surface area contributed by atoms with Crippen molar-refractivity contribution < 1.29 is 9.50 Å². The number of aliphatic hydroxyl groups excluding tert-OH is 1. The number of hydrogen-bond donors (Lipinski definition) is 3. The molecule has 2 aromatic carbocycles. The van der Waals surface area contributed by atoms with Gasteiger partial charge in [-0.25, -0.2) is 9.38 Å². The van der Waals surface area contributed by atoms with E-state index in [0.717, 1.165) is 17.7 Å². The van der Waals surface area contributed by atoms with Crippen LogP contribution in [0.5, 0.6) is 0 Å². The van der Waals surface area contributed by atoms with Crippen molar-refractivity contribution >= 4 is 41.5 Å². The highest BCUT2D eigenvalue weighted by atomic mass is 127. The molecule has 0 bridgehead atoms. The normalized spacial score (nSPS) is 12.2. The summed E-state index contributed by atoms with van der Waals surface area (Å²) in [6.45, 7) is 3.66. The van der Waals surface area contributed by atoms with Crippen LogP contribution in [0, 0.1) is 5.82 Å². The lowest BCUT2D eigenvalue weighted by Crippen LogP contribution is -2.38. The fraction of sp³-hybridized carbons (Fsp3) is 0.316. The van der Waals surface area contributed by atoms with Crippen molar-refractivity contribution in [2.45, 2.75) is 26.0 Å². The van der Waals surface area contributed by atoms with Gasteiger partial charge in [-0.15, -0.1) is 24.0 Å². The first-order valence-electron chi connectivity index (χ1n) is 8.29. The van der Waals surface area contributed by atoms with E-state index in [4.69, 9.17) is 11.6 Å². The van der Waals surface area contributed by atoms with E-state index in [-0.39, 0.29) is 29.0 Å². The molecular weight excluding hydrogens is 468 g/mol. The molecule has 142 valence electrons. The molecule has 1 unspecified atom stereocenters. The van der Waals surface area contributed by atoms with Crippen LogP contribution in [0.1, 0.15) is 30.6 Å². The Labute approximate surface area is 175 Å². The van der Waals surface area contributed by atoms with E-state index in [1.807, 2.05) is 37.3 Å². The summed E-state index contributed by atoms with van der Waals surface area (Å²) in [7, 11) is 0. The molecule has 1 atom stereocenters. The molecule has 2 aromatic rings. The Balaban J connectivity index is 0.00000338. The zero-order valence-electron chi connectivity index (χ0n) is 14.6. The highest BCUT2D eigenvalue weighted by molar-refractivity contribution is 14.0. The SMILES string of the molecule is CCNC(=NCc1ccc(F)c(Cl)c1)NCCC(O)c1ccccc1.I. The first kappa shape index (κ1) is 22.7. The lowest BCUT2D eigenvalue weighted by molar-refractivity contribution is 0.168. The molecule has 0 fully saturated rings. The molecule has 0 aliphatic carbocycles. The second-order valence-electron chi connectivity index (χ2n) is 5.59. The van der Waals surface area contributed by atoms with Gasteiger partial charge in [0.05, 0.1) is 17.7 Å². The highest BCUT2D eigenvalue weighted by Crippen LogP contribution is 2.17. The second-order valence-corrected chi connectivity index (χ2v) is 5.99. The number of hydrogen-bond acceptors (Lipinski definition) is 2. The summed E-state index contributed by atoms with van der Waals surface area (Å²) in [4.78, 5) is 4.46. The first-order valence-corrected chi connectivity index (χ1v) is 8.67. The summed E-state index contributed by atoms with van der Waals surface area (Å²) >= 11 is 5.78. The lowest BCUT2D eigenvalue weighted by Gasteiger charge is -2.14. The zero-order valence-corrected chi connectivity index (χ0v) is 17.7. The summed E-state index contributed by atoms with van der Waals surface area (Å²) in [6, 6.07) is 14.1. The van der Waals surface area contributed by atoms with Gasteiger partial charge in [0.1, 0.15) is 5.82 Å². The molecule has 0 aliphatic rings. The van der Waals surface area contributed by atoms with Gasteiger partial charge in [0.15, 0.2) is 5.96 Å². The van der Waals surface area contributed by atoms with Crippen LogP contribution >= 0.6 is 35.6 Å². The minimum Gasteiger partial charge on any atom is -0.388 e. The molecule has 4 nitrogen and oxygen atoms in total. The Bertz CT molecular complexity index is 700. The maximum Gasteiger partial charge on any atom is 0.191 e. The van der Waals surface area contributed by atoms with Crippen LogP contribution in [0.4, 0.5) is 4.39 Å². The minimum absolute atomic E-state index is 0. The summed E-state index contributed by atoms with van der Waals surface area (Å²) < 4.78 is 13.2. The molecule has 0 amide bonds. The average molecular weight is 492 g/mol. The van der Waals surface area contributed by atoms with Crippen LogP contribution in [0.25, 0.3) is 0 Å². The van der Waals surface area contributed by atoms with Gasteiger partial charge in [0.2, 0.25) is 0 Å². The number of nitrogens with zero attached hydrogens (tertiary/aromatic N) is 1. The van der Waals surface area contributed by atoms with E-state index < -0.39 is 11.9 Å². The summed E-state index contributed by atoms with van der Waals surface area (Å²) in [6.07, 6.45) is 0.0454. The van der Waals surface area contributed by atoms with E-state index in [0.29, 0.717) is 25.5 Å². The van der Waals surface area contributed by atoms with E-state index in [9.17, 15) is 9.50 Å². The Hall–Kier alpha value is -1.38. The van der Waals surface area contributed by atoms with Gasteiger partial charge in [0, 0.05) is 13.1 Å². The molecule has 26 heavy (non-hydrogen) atoms. The summed E-state index contributed by atoms with van der Waals surface area (Å²) in [5, 5.41) is 16.6. The van der Waals surface area contributed by atoms with E-state index >= 15 is 0 Å². The molecule has 0 saturated carbocycles. The van der Waals surface area contributed by atoms with Crippen molar-refractivity contribution in [1.29, 1.82) is 0 Å². The maximum atomic E-state index is 13.2. The number of aliphatic imine (C=N–C) groups is 1. The van der Waals surface area contributed by atoms with Crippen molar-refractivity contribution in [2.75, 3.05) is 13.1 Å². The average Bonchev–Trinajstić information content (AvgIpc) is 2.63. The molecule has 2 rings (SSSR count). The maximum absolute atomic E-state index is 13.2.